The normalized spacial score (nSPS) is 18.7. The lowest BCUT2D eigenvalue weighted by Gasteiger charge is -2.31. The second-order valence-electron chi connectivity index (χ2n) is 5.86. The van der Waals surface area contributed by atoms with Gasteiger partial charge in [0.25, 0.3) is 0 Å². The van der Waals surface area contributed by atoms with Crippen molar-refractivity contribution in [1.82, 2.24) is 4.90 Å². The Kier molecular flexibility index (Phi) is 8.69. The van der Waals surface area contributed by atoms with Gasteiger partial charge in [-0.3, -0.25) is 4.79 Å². The highest BCUT2D eigenvalue weighted by Gasteiger charge is 2.34. The van der Waals surface area contributed by atoms with E-state index in [4.69, 9.17) is 4.74 Å². The molecule has 0 saturated heterocycles. The standard InChI is InChI=1S/C13H19NO4.C4H11N/c1-2-18-13(17)10-8-14(12(16)11(10)15)9-6-4-3-5-7-9;1-3-5-4-2/h9,15H,2-8H2,1H3;5H,3-4H2,1-2H3. The van der Waals surface area contributed by atoms with Crippen molar-refractivity contribution in [2.45, 2.75) is 58.9 Å². The molecule has 1 aliphatic carbocycles. The molecule has 1 aliphatic heterocycles. The average Bonchev–Trinajstić information content (AvgIpc) is 2.86. The van der Waals surface area contributed by atoms with Crippen LogP contribution in [0.1, 0.15) is 52.9 Å². The fourth-order valence-corrected chi connectivity index (χ4v) is 2.93. The predicted molar refractivity (Wildman–Crippen MR) is 85.3 cm³/mol. The highest BCUT2D eigenvalue weighted by molar-refractivity contribution is 6.04. The molecule has 0 aromatic carbocycles. The van der Waals surface area contributed by atoms with Gasteiger partial charge in [-0.05, 0) is 39.4 Å². The Morgan fingerprint density at radius 1 is 1.22 bits per heavy atom. The van der Waals surface area contributed by atoms with E-state index in [2.05, 4.69) is 19.2 Å². The molecule has 6 heteroatoms. The topological polar surface area (TPSA) is 86.3 Å². The maximum absolute atomic E-state index is 11.9. The quantitative estimate of drug-likeness (QED) is 0.717. The van der Waals surface area contributed by atoms with E-state index in [9.17, 15) is 14.7 Å². The molecule has 2 N–H and O–H groups in total. The van der Waals surface area contributed by atoms with Gasteiger partial charge in [-0.15, -0.1) is 0 Å². The van der Waals surface area contributed by atoms with Crippen LogP contribution < -0.4 is 10.4 Å². The monoisotopic (exact) mass is 326 g/mol. The third kappa shape index (κ3) is 5.53. The van der Waals surface area contributed by atoms with Crippen LogP contribution in [0, 0.1) is 0 Å². The van der Waals surface area contributed by atoms with Gasteiger partial charge >= 0.3 is 5.97 Å². The predicted octanol–water partition coefficient (Wildman–Crippen LogP) is -0.0716. The van der Waals surface area contributed by atoms with Crippen LogP contribution in [-0.2, 0) is 14.3 Å². The first-order valence-electron chi connectivity index (χ1n) is 8.76. The number of ether oxygens (including phenoxy) is 1. The first kappa shape index (κ1) is 19.5. The van der Waals surface area contributed by atoms with Gasteiger partial charge in [0.2, 0.25) is 5.91 Å². The Bertz CT molecular complexity index is 426. The van der Waals surface area contributed by atoms with Crippen LogP contribution in [0.25, 0.3) is 0 Å². The molecule has 132 valence electrons. The molecule has 0 atom stereocenters. The van der Waals surface area contributed by atoms with E-state index in [-0.39, 0.29) is 24.8 Å². The van der Waals surface area contributed by atoms with Gasteiger partial charge in [0.05, 0.1) is 31.8 Å². The number of esters is 1. The molecule has 23 heavy (non-hydrogen) atoms. The summed E-state index contributed by atoms with van der Waals surface area (Å²) in [5, 5.41) is 14.0. The molecule has 1 fully saturated rings. The second kappa shape index (κ2) is 10.3. The number of carbonyl (C=O) groups excluding carboxylic acids is 2. The van der Waals surface area contributed by atoms with E-state index in [1.807, 2.05) is 0 Å². The number of hydrogen-bond acceptors (Lipinski definition) is 4. The summed E-state index contributed by atoms with van der Waals surface area (Å²) in [5.41, 5.74) is -0.00702. The summed E-state index contributed by atoms with van der Waals surface area (Å²) >= 11 is 0. The minimum absolute atomic E-state index is 0.00702. The Labute approximate surface area is 138 Å². The molecule has 0 unspecified atom stereocenters. The molecule has 6 nitrogen and oxygen atoms in total. The van der Waals surface area contributed by atoms with Crippen molar-refractivity contribution in [3.63, 3.8) is 0 Å². The Morgan fingerprint density at radius 2 is 1.83 bits per heavy atom. The lowest BCUT2D eigenvalue weighted by Crippen LogP contribution is -2.82. The smallest absolute Gasteiger partial charge is 0.335 e. The van der Waals surface area contributed by atoms with E-state index < -0.39 is 17.6 Å². The summed E-state index contributed by atoms with van der Waals surface area (Å²) in [4.78, 5) is 25.0. The van der Waals surface area contributed by atoms with Crippen molar-refractivity contribution in [1.29, 1.82) is 0 Å². The van der Waals surface area contributed by atoms with Crippen LogP contribution in [-0.4, -0.2) is 49.1 Å². The molecular weight excluding hydrogens is 296 g/mol. The second-order valence-corrected chi connectivity index (χ2v) is 5.86. The molecule has 1 heterocycles. The van der Waals surface area contributed by atoms with E-state index in [1.54, 1.807) is 11.8 Å². The molecule has 1 saturated carbocycles. The lowest BCUT2D eigenvalue weighted by atomic mass is 9.94. The number of carbonyl (C=O) groups is 2. The van der Waals surface area contributed by atoms with Gasteiger partial charge < -0.3 is 20.1 Å². The van der Waals surface area contributed by atoms with Crippen LogP contribution in [0.2, 0.25) is 0 Å². The highest BCUT2D eigenvalue weighted by atomic mass is 16.5. The molecule has 0 aromatic rings. The average molecular weight is 326 g/mol. The van der Waals surface area contributed by atoms with Crippen molar-refractivity contribution in [3.05, 3.63) is 11.3 Å². The van der Waals surface area contributed by atoms with E-state index in [0.29, 0.717) is 0 Å². The molecule has 2 rings (SSSR count). The number of nitrogens with two attached hydrogens (primary N) is 1. The van der Waals surface area contributed by atoms with Gasteiger partial charge in [0.15, 0.2) is 0 Å². The van der Waals surface area contributed by atoms with Crippen molar-refractivity contribution < 1.29 is 24.7 Å². The molecule has 0 bridgehead atoms. The van der Waals surface area contributed by atoms with Crippen molar-refractivity contribution in [2.75, 3.05) is 26.2 Å². The van der Waals surface area contributed by atoms with Gasteiger partial charge in [-0.1, -0.05) is 19.3 Å². The first-order valence-corrected chi connectivity index (χ1v) is 8.76. The Balaban J connectivity index is 0.000000463. The van der Waals surface area contributed by atoms with Crippen molar-refractivity contribution in [2.24, 2.45) is 0 Å². The minimum atomic E-state index is -0.681. The van der Waals surface area contributed by atoms with Crippen LogP contribution in [0.4, 0.5) is 0 Å². The summed E-state index contributed by atoms with van der Waals surface area (Å²) in [7, 11) is 0. The zero-order valence-corrected chi connectivity index (χ0v) is 14.6. The minimum Gasteiger partial charge on any atom is -0.868 e. The van der Waals surface area contributed by atoms with E-state index >= 15 is 0 Å². The number of nitrogens with zero attached hydrogens (tertiary/aromatic N) is 1. The number of rotatable bonds is 5. The number of amides is 1. The van der Waals surface area contributed by atoms with Gasteiger partial charge in [-0.25, -0.2) is 4.79 Å². The molecule has 0 radical (unpaired) electrons. The number of quaternary nitrogens is 1. The lowest BCUT2D eigenvalue weighted by molar-refractivity contribution is -0.648. The van der Waals surface area contributed by atoms with E-state index in [1.165, 1.54) is 19.5 Å². The van der Waals surface area contributed by atoms with Gasteiger partial charge in [0, 0.05) is 6.04 Å². The van der Waals surface area contributed by atoms with Crippen LogP contribution in [0.3, 0.4) is 0 Å². The molecule has 0 aromatic heterocycles. The first-order chi connectivity index (χ1) is 11.1. The van der Waals surface area contributed by atoms with E-state index in [0.717, 1.165) is 25.7 Å². The third-order valence-electron chi connectivity index (χ3n) is 4.17. The summed E-state index contributed by atoms with van der Waals surface area (Å²) in [6, 6.07) is 0.113. The summed E-state index contributed by atoms with van der Waals surface area (Å²) < 4.78 is 4.80. The van der Waals surface area contributed by atoms with Crippen LogP contribution in [0.15, 0.2) is 11.3 Å². The fourth-order valence-electron chi connectivity index (χ4n) is 2.93. The summed E-state index contributed by atoms with van der Waals surface area (Å²) in [5.74, 6) is -1.86. The highest BCUT2D eigenvalue weighted by Crippen LogP contribution is 2.27. The Morgan fingerprint density at radius 3 is 2.30 bits per heavy atom. The van der Waals surface area contributed by atoms with Crippen molar-refractivity contribution in [3.8, 4) is 0 Å². The van der Waals surface area contributed by atoms with Crippen molar-refractivity contribution >= 4 is 11.9 Å². The summed E-state index contributed by atoms with van der Waals surface area (Å²) in [6.07, 6.45) is 5.19. The molecule has 2 aliphatic rings. The zero-order valence-electron chi connectivity index (χ0n) is 14.6. The van der Waals surface area contributed by atoms with Gasteiger partial charge in [0.1, 0.15) is 0 Å². The molecule has 1 amide bonds. The third-order valence-corrected chi connectivity index (χ3v) is 4.17. The zero-order chi connectivity index (χ0) is 17.2. The molecular formula is C17H30N2O4. The largest absolute Gasteiger partial charge is 0.868 e. The van der Waals surface area contributed by atoms with Crippen LogP contribution in [0.5, 0.6) is 0 Å². The summed E-state index contributed by atoms with van der Waals surface area (Å²) in [6.45, 7) is 8.77. The molecule has 0 spiro atoms. The maximum atomic E-state index is 11.9. The van der Waals surface area contributed by atoms with Crippen LogP contribution >= 0.6 is 0 Å². The Hall–Kier alpha value is -1.56. The fraction of sp³-hybridized carbons (Fsp3) is 0.765. The number of hydrogen-bond donors (Lipinski definition) is 1. The van der Waals surface area contributed by atoms with Gasteiger partial charge in [-0.2, -0.15) is 0 Å². The maximum Gasteiger partial charge on any atom is 0.335 e. The SMILES string of the molecule is CCOC(=O)C1=C([O-])C(=O)N(C2CCCCC2)C1.CC[NH2+]CC.